The monoisotopic (exact) mass is 441 g/mol. The van der Waals surface area contributed by atoms with Gasteiger partial charge in [0, 0.05) is 6.54 Å². The highest BCUT2D eigenvalue weighted by atomic mass is 16.6. The maximum atomic E-state index is 12.0. The largest absolute Gasteiger partial charge is 0.480 e. The van der Waals surface area contributed by atoms with Crippen LogP contribution < -0.4 is 16.0 Å². The summed E-state index contributed by atoms with van der Waals surface area (Å²) in [7, 11) is 0. The Bertz CT molecular complexity index is 697. The van der Waals surface area contributed by atoms with E-state index in [0.717, 1.165) is 0 Å². The Morgan fingerprint density at radius 3 is 1.87 bits per heavy atom. The minimum Gasteiger partial charge on any atom is -0.480 e. The van der Waals surface area contributed by atoms with Gasteiger partial charge in [-0.15, -0.1) is 0 Å². The lowest BCUT2D eigenvalue weighted by molar-refractivity contribution is -0.141. The normalized spacial score (nSPS) is 11.9. The molecule has 0 saturated heterocycles. The lowest BCUT2D eigenvalue weighted by Gasteiger charge is -2.22. The van der Waals surface area contributed by atoms with E-state index in [2.05, 4.69) is 20.9 Å². The van der Waals surface area contributed by atoms with E-state index < -0.39 is 47.7 Å². The Hall–Kier alpha value is -3.36. The van der Waals surface area contributed by atoms with Gasteiger partial charge in [-0.25, -0.2) is 14.4 Å². The van der Waals surface area contributed by atoms with Crippen LogP contribution in [0.1, 0.15) is 60.8 Å². The SMILES string of the molecule is CC(C)(C)OC(=O)NC(=NCCC[C@H](NC(=O)CC#N)C(=O)O)NC(=O)OC(C)(C)C. The first kappa shape index (κ1) is 27.6. The van der Waals surface area contributed by atoms with Gasteiger partial charge < -0.3 is 19.9 Å². The number of nitrogens with one attached hydrogen (secondary N) is 3. The molecule has 0 aromatic rings. The highest BCUT2D eigenvalue weighted by molar-refractivity contribution is 6.01. The molecule has 0 unspecified atom stereocenters. The molecule has 12 heteroatoms. The molecule has 0 spiro atoms. The van der Waals surface area contributed by atoms with Crippen LogP contribution in [0.15, 0.2) is 4.99 Å². The van der Waals surface area contributed by atoms with Crippen LogP contribution in [0.4, 0.5) is 9.59 Å². The Morgan fingerprint density at radius 2 is 1.48 bits per heavy atom. The molecule has 0 aromatic carbocycles. The van der Waals surface area contributed by atoms with Crippen molar-refractivity contribution in [3.63, 3.8) is 0 Å². The zero-order chi connectivity index (χ0) is 24.2. The molecule has 0 radical (unpaired) electrons. The van der Waals surface area contributed by atoms with Crippen LogP contribution >= 0.6 is 0 Å². The quantitative estimate of drug-likeness (QED) is 0.261. The number of alkyl carbamates (subject to hydrolysis) is 2. The lowest BCUT2D eigenvalue weighted by Crippen LogP contribution is -2.47. The third-order valence-corrected chi connectivity index (χ3v) is 3.03. The maximum Gasteiger partial charge on any atom is 0.414 e. The minimum atomic E-state index is -1.26. The predicted molar refractivity (Wildman–Crippen MR) is 110 cm³/mol. The highest BCUT2D eigenvalue weighted by Crippen LogP contribution is 2.08. The molecule has 0 aliphatic heterocycles. The summed E-state index contributed by atoms with van der Waals surface area (Å²) in [5, 5.41) is 24.5. The second-order valence-electron chi connectivity index (χ2n) is 8.42. The predicted octanol–water partition coefficient (Wildman–Crippen LogP) is 1.66. The minimum absolute atomic E-state index is 0.0127. The fourth-order valence-corrected chi connectivity index (χ4v) is 1.97. The fourth-order valence-electron chi connectivity index (χ4n) is 1.97. The van der Waals surface area contributed by atoms with Crippen molar-refractivity contribution in [2.24, 2.45) is 4.99 Å². The van der Waals surface area contributed by atoms with Crippen molar-refractivity contribution >= 4 is 30.0 Å². The third kappa shape index (κ3) is 15.2. The van der Waals surface area contributed by atoms with Crippen molar-refractivity contribution in [1.82, 2.24) is 16.0 Å². The standard InChI is InChI=1S/C19H31N5O7/c1-18(2,3)30-16(28)23-15(24-17(29)31-19(4,5)6)21-11-7-8-12(14(26)27)22-13(25)9-10-20/h12H,7-9,11H2,1-6H3,(H,22,25)(H,26,27)(H2,21,23,24,28,29)/t12-/m0/s1. The molecule has 4 N–H and O–H groups in total. The van der Waals surface area contributed by atoms with Crippen molar-refractivity contribution in [3.05, 3.63) is 0 Å². The van der Waals surface area contributed by atoms with E-state index in [1.807, 2.05) is 0 Å². The molecule has 0 aliphatic carbocycles. The number of carbonyl (C=O) groups excluding carboxylic acids is 3. The molecular formula is C19H31N5O7. The van der Waals surface area contributed by atoms with Gasteiger partial charge in [0.15, 0.2) is 0 Å². The Kier molecular flexibility index (Phi) is 11.0. The summed E-state index contributed by atoms with van der Waals surface area (Å²) in [5.41, 5.74) is -1.56. The lowest BCUT2D eigenvalue weighted by atomic mass is 10.1. The molecule has 0 saturated carbocycles. The number of carbonyl (C=O) groups is 4. The highest BCUT2D eigenvalue weighted by Gasteiger charge is 2.22. The molecule has 0 fully saturated rings. The van der Waals surface area contributed by atoms with E-state index in [4.69, 9.17) is 14.7 Å². The molecule has 0 aliphatic rings. The van der Waals surface area contributed by atoms with Crippen LogP contribution in [0.25, 0.3) is 0 Å². The van der Waals surface area contributed by atoms with Crippen LogP contribution in [0, 0.1) is 11.3 Å². The molecule has 174 valence electrons. The van der Waals surface area contributed by atoms with Crippen molar-refractivity contribution in [3.8, 4) is 6.07 Å². The number of aliphatic imine (C=N–C) groups is 1. The summed E-state index contributed by atoms with van der Waals surface area (Å²) in [6.45, 7) is 10.00. The van der Waals surface area contributed by atoms with Crippen LogP contribution in [0.3, 0.4) is 0 Å². The van der Waals surface area contributed by atoms with Gasteiger partial charge in [0.1, 0.15) is 23.7 Å². The van der Waals surface area contributed by atoms with Gasteiger partial charge in [-0.2, -0.15) is 5.26 Å². The fraction of sp³-hybridized carbons (Fsp3) is 0.684. The maximum absolute atomic E-state index is 12.0. The average Bonchev–Trinajstić information content (AvgIpc) is 2.53. The van der Waals surface area contributed by atoms with Crippen LogP contribution in [0.5, 0.6) is 0 Å². The molecule has 3 amide bonds. The molecule has 0 rings (SSSR count). The molecule has 0 aromatic heterocycles. The van der Waals surface area contributed by atoms with Crippen LogP contribution in [-0.2, 0) is 19.1 Å². The average molecular weight is 441 g/mol. The Morgan fingerprint density at radius 1 is 1.00 bits per heavy atom. The number of carboxylic acid groups (broad SMARTS) is 1. The number of carboxylic acids is 1. The molecule has 0 bridgehead atoms. The second-order valence-corrected chi connectivity index (χ2v) is 8.42. The van der Waals surface area contributed by atoms with E-state index >= 15 is 0 Å². The number of aliphatic carboxylic acids is 1. The third-order valence-electron chi connectivity index (χ3n) is 3.03. The van der Waals surface area contributed by atoms with E-state index in [0.29, 0.717) is 0 Å². The van der Waals surface area contributed by atoms with Crippen molar-refractivity contribution in [2.45, 2.75) is 78.0 Å². The summed E-state index contributed by atoms with van der Waals surface area (Å²) in [5.74, 6) is -2.18. The summed E-state index contributed by atoms with van der Waals surface area (Å²) in [6, 6.07) is 0.434. The smallest absolute Gasteiger partial charge is 0.414 e. The molecule has 1 atom stereocenters. The second kappa shape index (κ2) is 12.4. The number of nitriles is 1. The molecule has 12 nitrogen and oxygen atoms in total. The number of guanidine groups is 1. The topological polar surface area (TPSA) is 179 Å². The van der Waals surface area contributed by atoms with E-state index in [9.17, 15) is 24.3 Å². The van der Waals surface area contributed by atoms with Crippen LogP contribution in [0.2, 0.25) is 0 Å². The number of ether oxygens (including phenoxy) is 2. The summed E-state index contributed by atoms with van der Waals surface area (Å²) in [6.07, 6.45) is -1.95. The first-order valence-electron chi connectivity index (χ1n) is 9.56. The molecular weight excluding hydrogens is 410 g/mol. The van der Waals surface area contributed by atoms with Gasteiger partial charge in [0.25, 0.3) is 0 Å². The first-order valence-corrected chi connectivity index (χ1v) is 9.56. The number of nitrogens with zero attached hydrogens (tertiary/aromatic N) is 2. The van der Waals surface area contributed by atoms with Gasteiger partial charge in [0.05, 0.1) is 6.07 Å². The summed E-state index contributed by atoms with van der Waals surface area (Å²) >= 11 is 0. The van der Waals surface area contributed by atoms with E-state index in [1.54, 1.807) is 47.6 Å². The number of hydrogen-bond donors (Lipinski definition) is 4. The Labute approximate surface area is 181 Å². The van der Waals surface area contributed by atoms with Gasteiger partial charge in [-0.3, -0.25) is 20.4 Å². The van der Waals surface area contributed by atoms with Gasteiger partial charge >= 0.3 is 18.2 Å². The van der Waals surface area contributed by atoms with E-state index in [-0.39, 0.29) is 25.3 Å². The molecule has 0 heterocycles. The zero-order valence-electron chi connectivity index (χ0n) is 18.7. The van der Waals surface area contributed by atoms with Crippen LogP contribution in [-0.4, -0.2) is 58.9 Å². The molecule has 31 heavy (non-hydrogen) atoms. The number of amides is 3. The van der Waals surface area contributed by atoms with Gasteiger partial charge in [-0.05, 0) is 54.4 Å². The van der Waals surface area contributed by atoms with Gasteiger partial charge in [-0.1, -0.05) is 0 Å². The van der Waals surface area contributed by atoms with Crippen molar-refractivity contribution in [2.75, 3.05) is 6.54 Å². The first-order chi connectivity index (χ1) is 14.1. The number of hydrogen-bond acceptors (Lipinski definition) is 8. The summed E-state index contributed by atoms with van der Waals surface area (Å²) in [4.78, 5) is 50.7. The zero-order valence-corrected chi connectivity index (χ0v) is 18.7. The van der Waals surface area contributed by atoms with E-state index in [1.165, 1.54) is 0 Å². The van der Waals surface area contributed by atoms with Crippen molar-refractivity contribution in [1.29, 1.82) is 5.26 Å². The Balaban J connectivity index is 5.06. The van der Waals surface area contributed by atoms with Gasteiger partial charge in [0.2, 0.25) is 11.9 Å². The summed E-state index contributed by atoms with van der Waals surface area (Å²) < 4.78 is 10.2. The van der Waals surface area contributed by atoms with Crippen molar-refractivity contribution < 1.29 is 33.8 Å². The number of rotatable bonds is 7.